The van der Waals surface area contributed by atoms with Gasteiger partial charge in [-0.1, -0.05) is 104 Å². The van der Waals surface area contributed by atoms with Gasteiger partial charge in [-0.05, 0) is 25.7 Å². The predicted octanol–water partition coefficient (Wildman–Crippen LogP) is 6.37. The molecule has 3 N–H and O–H groups in total. The maximum absolute atomic E-state index is 12.0. The zero-order chi connectivity index (χ0) is 21.8. The number of aliphatic carboxylic acids is 1. The van der Waals surface area contributed by atoms with E-state index in [2.05, 4.69) is 13.8 Å². The normalized spacial score (nSPS) is 11.7. The minimum absolute atomic E-state index is 0.319. The summed E-state index contributed by atoms with van der Waals surface area (Å²) < 4.78 is 5.60. The first-order valence-corrected chi connectivity index (χ1v) is 12.1. The highest BCUT2D eigenvalue weighted by molar-refractivity contribution is 5.79. The summed E-state index contributed by atoms with van der Waals surface area (Å²) in [7, 11) is 0. The summed E-state index contributed by atoms with van der Waals surface area (Å²) >= 11 is 0. The molecule has 0 spiro atoms. The van der Waals surface area contributed by atoms with Gasteiger partial charge in [-0.2, -0.15) is 0 Å². The maximum Gasteiger partial charge on any atom is 0.335 e. The average molecular weight is 414 g/mol. The van der Waals surface area contributed by atoms with Crippen molar-refractivity contribution < 1.29 is 19.4 Å². The molecule has 0 bridgehead atoms. The van der Waals surface area contributed by atoms with Gasteiger partial charge in [0.05, 0.1) is 0 Å². The number of unbranched alkanes of at least 4 members (excludes halogenated alkanes) is 14. The highest BCUT2D eigenvalue weighted by Gasteiger charge is 2.39. The van der Waals surface area contributed by atoms with Crippen LogP contribution < -0.4 is 5.73 Å². The molecule has 0 fully saturated rings. The van der Waals surface area contributed by atoms with Gasteiger partial charge in [0.2, 0.25) is 5.91 Å². The predicted molar refractivity (Wildman–Crippen MR) is 120 cm³/mol. The number of hydrogen-bond acceptors (Lipinski definition) is 3. The van der Waals surface area contributed by atoms with Gasteiger partial charge in [0.25, 0.3) is 0 Å². The summed E-state index contributed by atoms with van der Waals surface area (Å²) in [5, 5.41) is 9.86. The van der Waals surface area contributed by atoms with E-state index in [0.717, 1.165) is 38.5 Å². The first kappa shape index (κ1) is 27.9. The van der Waals surface area contributed by atoms with E-state index in [1.54, 1.807) is 0 Å². The molecule has 0 rings (SSSR count). The van der Waals surface area contributed by atoms with E-state index in [-0.39, 0.29) is 6.61 Å². The van der Waals surface area contributed by atoms with Crippen LogP contribution >= 0.6 is 0 Å². The number of carbonyl (C=O) groups is 2. The van der Waals surface area contributed by atoms with E-state index < -0.39 is 17.5 Å². The number of carboxylic acids is 1. The van der Waals surface area contributed by atoms with Crippen LogP contribution in [0.25, 0.3) is 0 Å². The second-order valence-electron chi connectivity index (χ2n) is 8.50. The lowest BCUT2D eigenvalue weighted by molar-refractivity contribution is -0.170. The molecule has 0 saturated carbocycles. The molecule has 5 nitrogen and oxygen atoms in total. The van der Waals surface area contributed by atoms with Gasteiger partial charge >= 0.3 is 5.97 Å². The van der Waals surface area contributed by atoms with E-state index in [9.17, 15) is 14.7 Å². The Balaban J connectivity index is 4.34. The van der Waals surface area contributed by atoms with Gasteiger partial charge in [0.1, 0.15) is 6.61 Å². The molecule has 5 heteroatoms. The molecule has 0 aromatic rings. The standard InChI is InChI=1S/C24H47NO4/c1-3-5-7-9-11-13-15-17-19-24(23(27)28,29-21-22(25)26)20-18-16-14-12-10-8-6-4-2/h3-21H2,1-2H3,(H2,25,26)(H,27,28). The molecule has 29 heavy (non-hydrogen) atoms. The van der Waals surface area contributed by atoms with Crippen LogP contribution in [-0.2, 0) is 14.3 Å². The molecule has 172 valence electrons. The molecule has 0 aliphatic carbocycles. The van der Waals surface area contributed by atoms with Crippen LogP contribution in [0.3, 0.4) is 0 Å². The maximum atomic E-state index is 12.0. The summed E-state index contributed by atoms with van der Waals surface area (Å²) in [4.78, 5) is 23.2. The Morgan fingerprint density at radius 3 is 1.34 bits per heavy atom. The van der Waals surface area contributed by atoms with Crippen LogP contribution in [0.2, 0.25) is 0 Å². The number of rotatable bonds is 22. The third kappa shape index (κ3) is 15.4. The molecular weight excluding hydrogens is 366 g/mol. The lowest BCUT2D eigenvalue weighted by Gasteiger charge is -2.29. The quantitative estimate of drug-likeness (QED) is 0.202. The number of amides is 1. The summed E-state index contributed by atoms with van der Waals surface area (Å²) in [6, 6.07) is 0. The van der Waals surface area contributed by atoms with Crippen molar-refractivity contribution in [1.82, 2.24) is 0 Å². The lowest BCUT2D eigenvalue weighted by atomic mass is 9.89. The van der Waals surface area contributed by atoms with Crippen LogP contribution in [0.5, 0.6) is 0 Å². The van der Waals surface area contributed by atoms with E-state index >= 15 is 0 Å². The van der Waals surface area contributed by atoms with Crippen LogP contribution in [0, 0.1) is 0 Å². The fourth-order valence-electron chi connectivity index (χ4n) is 3.84. The Labute approximate surface area is 179 Å². The van der Waals surface area contributed by atoms with E-state index in [1.807, 2.05) is 0 Å². The SMILES string of the molecule is CCCCCCCCCCC(CCCCCCCCCC)(OCC(N)=O)C(=O)O. The lowest BCUT2D eigenvalue weighted by Crippen LogP contribution is -2.43. The Bertz CT molecular complexity index is 392. The minimum Gasteiger partial charge on any atom is -0.479 e. The molecule has 0 aliphatic rings. The number of carbonyl (C=O) groups excluding carboxylic acids is 1. The summed E-state index contributed by atoms with van der Waals surface area (Å²) in [6.45, 7) is 4.11. The number of nitrogens with two attached hydrogens (primary N) is 1. The van der Waals surface area contributed by atoms with Gasteiger partial charge in [-0.3, -0.25) is 4.79 Å². The van der Waals surface area contributed by atoms with Crippen LogP contribution in [0.4, 0.5) is 0 Å². The van der Waals surface area contributed by atoms with Crippen molar-refractivity contribution in [1.29, 1.82) is 0 Å². The van der Waals surface area contributed by atoms with Gasteiger partial charge in [0, 0.05) is 0 Å². The summed E-state index contributed by atoms with van der Waals surface area (Å²) in [6.07, 6.45) is 19.4. The zero-order valence-corrected chi connectivity index (χ0v) is 19.2. The summed E-state index contributed by atoms with van der Waals surface area (Å²) in [5.74, 6) is -1.56. The van der Waals surface area contributed by atoms with Crippen molar-refractivity contribution in [3.63, 3.8) is 0 Å². The van der Waals surface area contributed by atoms with Gasteiger partial charge in [0.15, 0.2) is 5.60 Å². The first-order chi connectivity index (χ1) is 14.0. The Kier molecular flexibility index (Phi) is 18.2. The van der Waals surface area contributed by atoms with E-state index in [1.165, 1.54) is 64.2 Å². The fraction of sp³-hybridized carbons (Fsp3) is 0.917. The number of primary amides is 1. The Morgan fingerprint density at radius 2 is 1.03 bits per heavy atom. The average Bonchev–Trinajstić information content (AvgIpc) is 2.69. The molecule has 0 radical (unpaired) electrons. The third-order valence-electron chi connectivity index (χ3n) is 5.75. The second kappa shape index (κ2) is 18.9. The highest BCUT2D eigenvalue weighted by Crippen LogP contribution is 2.28. The van der Waals surface area contributed by atoms with Gasteiger partial charge < -0.3 is 15.6 Å². The van der Waals surface area contributed by atoms with Crippen molar-refractivity contribution in [2.24, 2.45) is 5.73 Å². The molecule has 0 aliphatic heterocycles. The van der Waals surface area contributed by atoms with Gasteiger partial charge in [-0.15, -0.1) is 0 Å². The molecule has 0 unspecified atom stereocenters. The van der Waals surface area contributed by atoms with Crippen LogP contribution in [0.1, 0.15) is 129 Å². The number of carboxylic acid groups (broad SMARTS) is 1. The van der Waals surface area contributed by atoms with Crippen molar-refractivity contribution in [2.75, 3.05) is 6.61 Å². The van der Waals surface area contributed by atoms with Gasteiger partial charge in [-0.25, -0.2) is 4.79 Å². The van der Waals surface area contributed by atoms with Crippen LogP contribution in [-0.4, -0.2) is 29.2 Å². The minimum atomic E-state index is -1.26. The fourth-order valence-corrected chi connectivity index (χ4v) is 3.84. The molecule has 0 aromatic carbocycles. The first-order valence-electron chi connectivity index (χ1n) is 12.1. The van der Waals surface area contributed by atoms with Crippen molar-refractivity contribution in [3.05, 3.63) is 0 Å². The largest absolute Gasteiger partial charge is 0.479 e. The van der Waals surface area contributed by atoms with Crippen molar-refractivity contribution in [2.45, 2.75) is 135 Å². The highest BCUT2D eigenvalue weighted by atomic mass is 16.5. The molecule has 0 atom stereocenters. The third-order valence-corrected chi connectivity index (χ3v) is 5.75. The van der Waals surface area contributed by atoms with E-state index in [0.29, 0.717) is 12.8 Å². The Morgan fingerprint density at radius 1 is 0.690 bits per heavy atom. The topological polar surface area (TPSA) is 89.6 Å². The molecule has 0 aromatic heterocycles. The molecular formula is C24H47NO4. The molecule has 0 saturated heterocycles. The Hall–Kier alpha value is -1.10. The number of hydrogen-bond donors (Lipinski definition) is 2. The monoisotopic (exact) mass is 413 g/mol. The number of ether oxygens (including phenoxy) is 1. The van der Waals surface area contributed by atoms with Crippen molar-refractivity contribution >= 4 is 11.9 Å². The zero-order valence-electron chi connectivity index (χ0n) is 19.2. The van der Waals surface area contributed by atoms with Crippen molar-refractivity contribution in [3.8, 4) is 0 Å². The summed E-state index contributed by atoms with van der Waals surface area (Å²) in [5.41, 5.74) is 3.95. The molecule has 0 heterocycles. The molecule has 1 amide bonds. The second-order valence-corrected chi connectivity index (χ2v) is 8.50. The van der Waals surface area contributed by atoms with E-state index in [4.69, 9.17) is 10.5 Å². The smallest absolute Gasteiger partial charge is 0.335 e. The van der Waals surface area contributed by atoms with Crippen LogP contribution in [0.15, 0.2) is 0 Å².